The van der Waals surface area contributed by atoms with Crippen LogP contribution in [-0.2, 0) is 16.6 Å². The number of benzene rings is 1. The molecule has 5 heteroatoms. The second-order valence-corrected chi connectivity index (χ2v) is 5.62. The third-order valence-corrected chi connectivity index (χ3v) is 4.01. The Bertz CT molecular complexity index is 465. The quantitative estimate of drug-likeness (QED) is 0.850. The van der Waals surface area contributed by atoms with Crippen molar-refractivity contribution in [2.45, 2.75) is 15.8 Å². The Balaban J connectivity index is 1.98. The van der Waals surface area contributed by atoms with Crippen LogP contribution in [0.2, 0.25) is 0 Å². The Labute approximate surface area is 101 Å². The smallest absolute Gasteiger partial charge is 0.165 e. The Kier molecular flexibility index (Phi) is 3.79. The van der Waals surface area contributed by atoms with Crippen LogP contribution >= 0.6 is 11.8 Å². The molecule has 3 nitrogen and oxygen atoms in total. The minimum Gasteiger partial charge on any atom is -0.340 e. The summed E-state index contributed by atoms with van der Waals surface area (Å²) in [5.41, 5.74) is 1.20. The highest BCUT2D eigenvalue weighted by Gasteiger charge is 2.00. The van der Waals surface area contributed by atoms with E-state index in [1.54, 1.807) is 24.2 Å². The third kappa shape index (κ3) is 2.96. The van der Waals surface area contributed by atoms with E-state index in [1.165, 1.54) is 5.56 Å². The Morgan fingerprint density at radius 1 is 1.38 bits per heavy atom. The number of aromatic amines is 1. The van der Waals surface area contributed by atoms with Crippen LogP contribution < -0.4 is 0 Å². The molecule has 0 bridgehead atoms. The summed E-state index contributed by atoms with van der Waals surface area (Å²) < 4.78 is 11.2. The molecule has 1 atom stereocenters. The van der Waals surface area contributed by atoms with Crippen LogP contribution in [0, 0.1) is 0 Å². The summed E-state index contributed by atoms with van der Waals surface area (Å²) in [7, 11) is -0.896. The molecule has 1 aromatic carbocycles. The number of nitrogens with one attached hydrogen (secondary N) is 1. The number of hydrogen-bond donors (Lipinski definition) is 1. The van der Waals surface area contributed by atoms with Gasteiger partial charge in [0.25, 0.3) is 0 Å². The SMILES string of the molecule is CS(=O)c1ccc(CSc2ncc[nH]2)cc1. The molecule has 16 heavy (non-hydrogen) atoms. The van der Waals surface area contributed by atoms with Crippen molar-refractivity contribution in [2.24, 2.45) is 0 Å². The highest BCUT2D eigenvalue weighted by Crippen LogP contribution is 2.19. The molecule has 0 aliphatic carbocycles. The molecule has 2 rings (SSSR count). The van der Waals surface area contributed by atoms with Crippen molar-refractivity contribution in [1.29, 1.82) is 0 Å². The molecule has 2 aromatic rings. The van der Waals surface area contributed by atoms with Gasteiger partial charge in [0.2, 0.25) is 0 Å². The lowest BCUT2D eigenvalue weighted by Gasteiger charge is -2.00. The molecule has 0 aliphatic heterocycles. The summed E-state index contributed by atoms with van der Waals surface area (Å²) in [4.78, 5) is 8.04. The minimum absolute atomic E-state index is 0.865. The first-order chi connectivity index (χ1) is 7.75. The van der Waals surface area contributed by atoms with Gasteiger partial charge in [0.05, 0.1) is 0 Å². The maximum absolute atomic E-state index is 11.2. The topological polar surface area (TPSA) is 45.8 Å². The molecule has 1 unspecified atom stereocenters. The highest BCUT2D eigenvalue weighted by molar-refractivity contribution is 7.98. The third-order valence-electron chi connectivity index (χ3n) is 2.10. The van der Waals surface area contributed by atoms with Crippen molar-refractivity contribution in [2.75, 3.05) is 6.26 Å². The fraction of sp³-hybridized carbons (Fsp3) is 0.182. The molecule has 0 fully saturated rings. The van der Waals surface area contributed by atoms with Crippen LogP contribution in [0.3, 0.4) is 0 Å². The first-order valence-electron chi connectivity index (χ1n) is 4.80. The molecule has 1 heterocycles. The molecule has 1 N–H and O–H groups in total. The summed E-state index contributed by atoms with van der Waals surface area (Å²) in [6, 6.07) is 7.83. The van der Waals surface area contributed by atoms with E-state index in [1.807, 2.05) is 30.5 Å². The maximum atomic E-state index is 11.2. The lowest BCUT2D eigenvalue weighted by Crippen LogP contribution is -1.88. The van der Waals surface area contributed by atoms with Gasteiger partial charge >= 0.3 is 0 Å². The average molecular weight is 252 g/mol. The molecule has 1 aromatic heterocycles. The molecule has 0 saturated carbocycles. The van der Waals surface area contributed by atoms with E-state index in [4.69, 9.17) is 0 Å². The van der Waals surface area contributed by atoms with Crippen molar-refractivity contribution in [3.8, 4) is 0 Å². The van der Waals surface area contributed by atoms with Gasteiger partial charge in [0.15, 0.2) is 5.16 Å². The number of H-pyrrole nitrogens is 1. The summed E-state index contributed by atoms with van der Waals surface area (Å²) in [5, 5.41) is 0.920. The number of aromatic nitrogens is 2. The fourth-order valence-electron chi connectivity index (χ4n) is 1.26. The maximum Gasteiger partial charge on any atom is 0.165 e. The Morgan fingerprint density at radius 2 is 2.12 bits per heavy atom. The van der Waals surface area contributed by atoms with Crippen LogP contribution in [0.15, 0.2) is 46.7 Å². The first-order valence-corrected chi connectivity index (χ1v) is 7.34. The lowest BCUT2D eigenvalue weighted by atomic mass is 10.2. The van der Waals surface area contributed by atoms with Gasteiger partial charge in [-0.05, 0) is 17.7 Å². The minimum atomic E-state index is -0.896. The molecule has 0 saturated heterocycles. The monoisotopic (exact) mass is 252 g/mol. The number of thioether (sulfide) groups is 1. The van der Waals surface area contributed by atoms with Gasteiger partial charge in [0.1, 0.15) is 0 Å². The molecule has 0 radical (unpaired) electrons. The molecule has 0 amide bonds. The van der Waals surface area contributed by atoms with Crippen LogP contribution in [0.4, 0.5) is 0 Å². The second kappa shape index (κ2) is 5.32. The highest BCUT2D eigenvalue weighted by atomic mass is 32.2. The van der Waals surface area contributed by atoms with Gasteiger partial charge in [-0.15, -0.1) is 0 Å². The molecule has 0 aliphatic rings. The second-order valence-electron chi connectivity index (χ2n) is 3.28. The van der Waals surface area contributed by atoms with Crippen molar-refractivity contribution < 1.29 is 4.21 Å². The van der Waals surface area contributed by atoms with Crippen molar-refractivity contribution in [1.82, 2.24) is 9.97 Å². The van der Waals surface area contributed by atoms with Crippen molar-refractivity contribution in [3.63, 3.8) is 0 Å². The average Bonchev–Trinajstić information content (AvgIpc) is 2.80. The van der Waals surface area contributed by atoms with E-state index >= 15 is 0 Å². The van der Waals surface area contributed by atoms with Gasteiger partial charge in [0, 0.05) is 40.1 Å². The van der Waals surface area contributed by atoms with Gasteiger partial charge in [-0.25, -0.2) is 4.98 Å². The summed E-state index contributed by atoms with van der Waals surface area (Å²) in [6.45, 7) is 0. The molecular formula is C11H12N2OS2. The number of rotatable bonds is 4. The van der Waals surface area contributed by atoms with Crippen molar-refractivity contribution in [3.05, 3.63) is 42.2 Å². The standard InChI is InChI=1S/C11H12N2OS2/c1-16(14)10-4-2-9(3-5-10)8-15-11-12-6-7-13-11/h2-7H,8H2,1H3,(H,12,13). The zero-order valence-electron chi connectivity index (χ0n) is 8.84. The largest absolute Gasteiger partial charge is 0.340 e. The molecule has 84 valence electrons. The van der Waals surface area contributed by atoms with E-state index in [0.29, 0.717) is 0 Å². The zero-order chi connectivity index (χ0) is 11.4. The predicted molar refractivity (Wildman–Crippen MR) is 66.9 cm³/mol. The van der Waals surface area contributed by atoms with E-state index in [-0.39, 0.29) is 0 Å². The van der Waals surface area contributed by atoms with Crippen molar-refractivity contribution >= 4 is 22.6 Å². The Morgan fingerprint density at radius 3 is 2.69 bits per heavy atom. The normalized spacial score (nSPS) is 12.6. The van der Waals surface area contributed by atoms with E-state index in [9.17, 15) is 4.21 Å². The fourth-order valence-corrected chi connectivity index (χ4v) is 2.56. The van der Waals surface area contributed by atoms with E-state index in [2.05, 4.69) is 9.97 Å². The lowest BCUT2D eigenvalue weighted by molar-refractivity contribution is 0.687. The number of hydrogen-bond acceptors (Lipinski definition) is 3. The van der Waals surface area contributed by atoms with Gasteiger partial charge < -0.3 is 4.98 Å². The molecule has 0 spiro atoms. The van der Waals surface area contributed by atoms with Crippen LogP contribution in [0.5, 0.6) is 0 Å². The summed E-state index contributed by atoms with van der Waals surface area (Å²) in [6.07, 6.45) is 5.24. The van der Waals surface area contributed by atoms with Gasteiger partial charge in [-0.1, -0.05) is 23.9 Å². The van der Waals surface area contributed by atoms with E-state index in [0.717, 1.165) is 15.8 Å². The summed E-state index contributed by atoms with van der Waals surface area (Å²) >= 11 is 1.65. The Hall–Kier alpha value is -1.07. The molecular weight excluding hydrogens is 240 g/mol. The predicted octanol–water partition coefficient (Wildman–Crippen LogP) is 2.44. The number of nitrogens with zero attached hydrogens (tertiary/aromatic N) is 1. The van der Waals surface area contributed by atoms with E-state index < -0.39 is 10.8 Å². The van der Waals surface area contributed by atoms with Crippen LogP contribution in [0.25, 0.3) is 0 Å². The van der Waals surface area contributed by atoms with Gasteiger partial charge in [-0.3, -0.25) is 4.21 Å². The zero-order valence-corrected chi connectivity index (χ0v) is 10.5. The first kappa shape index (κ1) is 11.4. The van der Waals surface area contributed by atoms with Crippen LogP contribution in [0.1, 0.15) is 5.56 Å². The number of imidazole rings is 1. The van der Waals surface area contributed by atoms with Crippen LogP contribution in [-0.4, -0.2) is 20.4 Å². The van der Waals surface area contributed by atoms with Gasteiger partial charge in [-0.2, -0.15) is 0 Å². The summed E-state index contributed by atoms with van der Waals surface area (Å²) in [5.74, 6) is 0.865.